The van der Waals surface area contributed by atoms with Gasteiger partial charge in [0.1, 0.15) is 0 Å². The molecule has 1 saturated carbocycles. The van der Waals surface area contributed by atoms with Gasteiger partial charge in [-0.15, -0.1) is 0 Å². The Hall–Kier alpha value is -0.170. The summed E-state index contributed by atoms with van der Waals surface area (Å²) in [5.41, 5.74) is 5.41. The molecule has 3 N–H and O–H groups in total. The quantitative estimate of drug-likeness (QED) is 0.813. The summed E-state index contributed by atoms with van der Waals surface area (Å²) in [7, 11) is -3.40. The summed E-state index contributed by atoms with van der Waals surface area (Å²) in [5.74, 6) is 0.857. The summed E-state index contributed by atoms with van der Waals surface area (Å²) < 4.78 is 29.6. The Morgan fingerprint density at radius 2 is 1.74 bits per heavy atom. The van der Waals surface area contributed by atoms with E-state index in [2.05, 4.69) is 18.6 Å². The van der Waals surface area contributed by atoms with Crippen molar-refractivity contribution in [3.63, 3.8) is 0 Å². The molecular weight excluding hydrogens is 262 g/mol. The van der Waals surface area contributed by atoms with Crippen LogP contribution < -0.4 is 10.5 Å². The second-order valence-corrected chi connectivity index (χ2v) is 8.23. The van der Waals surface area contributed by atoms with Gasteiger partial charge in [-0.1, -0.05) is 26.7 Å². The molecule has 1 aliphatic carbocycles. The molecule has 0 spiro atoms. The lowest BCUT2D eigenvalue weighted by Crippen LogP contribution is -2.57. The molecule has 112 valence electrons. The summed E-state index contributed by atoms with van der Waals surface area (Å²) in [5, 5.41) is 0. The molecule has 1 saturated heterocycles. The van der Waals surface area contributed by atoms with Crippen molar-refractivity contribution in [2.75, 3.05) is 19.6 Å². The van der Waals surface area contributed by atoms with Crippen LogP contribution in [0, 0.1) is 11.8 Å². The second-order valence-electron chi connectivity index (χ2n) is 6.56. The van der Waals surface area contributed by atoms with Gasteiger partial charge < -0.3 is 5.73 Å². The zero-order valence-corrected chi connectivity index (χ0v) is 12.9. The van der Waals surface area contributed by atoms with Gasteiger partial charge in [0.25, 0.3) is 10.2 Å². The van der Waals surface area contributed by atoms with Gasteiger partial charge >= 0.3 is 0 Å². The molecule has 5 nitrogen and oxygen atoms in total. The summed E-state index contributed by atoms with van der Waals surface area (Å²) in [4.78, 5) is 0. The van der Waals surface area contributed by atoms with Crippen molar-refractivity contribution in [2.45, 2.75) is 51.5 Å². The maximum atomic E-state index is 12.6. The number of nitrogens with zero attached hydrogens (tertiary/aromatic N) is 1. The summed E-state index contributed by atoms with van der Waals surface area (Å²) in [6.07, 6.45) is 4.95. The normalized spacial score (nSPS) is 32.6. The summed E-state index contributed by atoms with van der Waals surface area (Å²) in [6, 6.07) is 0. The van der Waals surface area contributed by atoms with E-state index in [9.17, 15) is 8.42 Å². The molecule has 2 aliphatic rings. The Morgan fingerprint density at radius 3 is 2.21 bits per heavy atom. The highest BCUT2D eigenvalue weighted by atomic mass is 32.2. The van der Waals surface area contributed by atoms with Crippen molar-refractivity contribution in [2.24, 2.45) is 17.6 Å². The van der Waals surface area contributed by atoms with Gasteiger partial charge in [-0.05, 0) is 31.1 Å². The van der Waals surface area contributed by atoms with Crippen molar-refractivity contribution >= 4 is 10.2 Å². The number of hydrogen-bond donors (Lipinski definition) is 2. The van der Waals surface area contributed by atoms with Gasteiger partial charge in [-0.2, -0.15) is 17.4 Å². The average Bonchev–Trinajstić information content (AvgIpc) is 2.76. The van der Waals surface area contributed by atoms with E-state index in [0.29, 0.717) is 31.5 Å². The van der Waals surface area contributed by atoms with E-state index in [-0.39, 0.29) is 0 Å². The number of hydrogen-bond acceptors (Lipinski definition) is 3. The Morgan fingerprint density at radius 1 is 1.21 bits per heavy atom. The summed E-state index contributed by atoms with van der Waals surface area (Å²) in [6.45, 7) is 5.88. The van der Waals surface area contributed by atoms with E-state index < -0.39 is 15.7 Å². The van der Waals surface area contributed by atoms with E-state index in [1.165, 1.54) is 0 Å². The monoisotopic (exact) mass is 289 g/mol. The van der Waals surface area contributed by atoms with Crippen molar-refractivity contribution in [3.05, 3.63) is 0 Å². The molecule has 1 heterocycles. The molecule has 2 atom stereocenters. The third-order valence-electron chi connectivity index (χ3n) is 4.47. The van der Waals surface area contributed by atoms with Gasteiger partial charge in [-0.25, -0.2) is 0 Å². The minimum Gasteiger partial charge on any atom is -0.329 e. The molecule has 0 radical (unpaired) electrons. The number of rotatable bonds is 4. The lowest BCUT2D eigenvalue weighted by molar-refractivity contribution is 0.216. The van der Waals surface area contributed by atoms with Crippen LogP contribution in [0.1, 0.15) is 46.0 Å². The predicted octanol–water partition coefficient (Wildman–Crippen LogP) is 1.07. The summed E-state index contributed by atoms with van der Waals surface area (Å²) >= 11 is 0. The van der Waals surface area contributed by atoms with Crippen LogP contribution in [0.25, 0.3) is 0 Å². The van der Waals surface area contributed by atoms with Crippen LogP contribution in [-0.4, -0.2) is 37.9 Å². The van der Waals surface area contributed by atoms with Crippen LogP contribution in [0.15, 0.2) is 0 Å². The number of nitrogens with two attached hydrogens (primary N) is 1. The standard InChI is InChI=1S/C13H27N3O2S/c1-11-7-12(2)9-16(8-11)19(17,18)15-13(10-14)5-3-4-6-13/h11-12,15H,3-10,14H2,1-2H3. The first-order valence-electron chi connectivity index (χ1n) is 7.36. The zero-order chi connectivity index (χ0) is 14.1. The molecule has 19 heavy (non-hydrogen) atoms. The van der Waals surface area contributed by atoms with Crippen LogP contribution >= 0.6 is 0 Å². The van der Waals surface area contributed by atoms with E-state index in [0.717, 1.165) is 32.1 Å². The number of nitrogens with one attached hydrogen (secondary N) is 1. The van der Waals surface area contributed by atoms with Crippen LogP contribution in [-0.2, 0) is 10.2 Å². The fourth-order valence-corrected chi connectivity index (χ4v) is 5.41. The maximum absolute atomic E-state index is 12.6. The molecule has 2 rings (SSSR count). The van der Waals surface area contributed by atoms with E-state index in [4.69, 9.17) is 5.73 Å². The lowest BCUT2D eigenvalue weighted by Gasteiger charge is -2.37. The molecule has 0 bridgehead atoms. The minimum atomic E-state index is -3.40. The smallest absolute Gasteiger partial charge is 0.280 e. The number of piperidine rings is 1. The van der Waals surface area contributed by atoms with Gasteiger partial charge in [0.2, 0.25) is 0 Å². The molecule has 0 amide bonds. The van der Waals surface area contributed by atoms with E-state index >= 15 is 0 Å². The maximum Gasteiger partial charge on any atom is 0.280 e. The average molecular weight is 289 g/mol. The third kappa shape index (κ3) is 3.48. The zero-order valence-electron chi connectivity index (χ0n) is 12.1. The molecule has 2 fully saturated rings. The highest BCUT2D eigenvalue weighted by Crippen LogP contribution is 2.31. The Bertz CT molecular complexity index is 394. The Balaban J connectivity index is 2.09. The molecule has 6 heteroatoms. The Labute approximate surface area is 117 Å². The van der Waals surface area contributed by atoms with Crippen molar-refractivity contribution in [1.82, 2.24) is 9.03 Å². The van der Waals surface area contributed by atoms with E-state index in [1.54, 1.807) is 4.31 Å². The third-order valence-corrected chi connectivity index (χ3v) is 6.14. The molecule has 0 aromatic carbocycles. The van der Waals surface area contributed by atoms with Crippen LogP contribution in [0.3, 0.4) is 0 Å². The molecular formula is C13H27N3O2S. The van der Waals surface area contributed by atoms with Crippen LogP contribution in [0.2, 0.25) is 0 Å². The van der Waals surface area contributed by atoms with Gasteiger partial charge in [0.05, 0.1) is 0 Å². The van der Waals surface area contributed by atoms with Crippen molar-refractivity contribution < 1.29 is 8.42 Å². The molecule has 0 aromatic heterocycles. The van der Waals surface area contributed by atoms with Crippen molar-refractivity contribution in [3.8, 4) is 0 Å². The van der Waals surface area contributed by atoms with Gasteiger partial charge in [-0.3, -0.25) is 0 Å². The Kier molecular flexibility index (Phi) is 4.55. The SMILES string of the molecule is CC1CC(C)CN(S(=O)(=O)NC2(CN)CCCC2)C1. The topological polar surface area (TPSA) is 75.4 Å². The highest BCUT2D eigenvalue weighted by molar-refractivity contribution is 7.87. The largest absolute Gasteiger partial charge is 0.329 e. The second kappa shape index (κ2) is 5.68. The first-order chi connectivity index (χ1) is 8.87. The minimum absolute atomic E-state index is 0.394. The first-order valence-corrected chi connectivity index (χ1v) is 8.80. The van der Waals surface area contributed by atoms with Crippen LogP contribution in [0.5, 0.6) is 0 Å². The van der Waals surface area contributed by atoms with Gasteiger partial charge in [0, 0.05) is 25.2 Å². The molecule has 0 aromatic rings. The van der Waals surface area contributed by atoms with Crippen molar-refractivity contribution in [1.29, 1.82) is 0 Å². The molecule has 2 unspecified atom stereocenters. The fourth-order valence-electron chi connectivity index (χ4n) is 3.54. The fraction of sp³-hybridized carbons (Fsp3) is 1.00. The van der Waals surface area contributed by atoms with Gasteiger partial charge in [0.15, 0.2) is 0 Å². The highest BCUT2D eigenvalue weighted by Gasteiger charge is 2.39. The van der Waals surface area contributed by atoms with E-state index in [1.807, 2.05) is 0 Å². The first kappa shape index (κ1) is 15.2. The lowest BCUT2D eigenvalue weighted by atomic mass is 9.94. The predicted molar refractivity (Wildman–Crippen MR) is 76.8 cm³/mol. The van der Waals surface area contributed by atoms with Crippen LogP contribution in [0.4, 0.5) is 0 Å². The molecule has 1 aliphatic heterocycles.